The van der Waals surface area contributed by atoms with E-state index in [1.165, 1.54) is 6.42 Å². The zero-order valence-electron chi connectivity index (χ0n) is 6.83. The van der Waals surface area contributed by atoms with Crippen LogP contribution in [0.1, 0.15) is 26.1 Å². The van der Waals surface area contributed by atoms with Crippen molar-refractivity contribution in [2.24, 2.45) is 0 Å². The van der Waals surface area contributed by atoms with Gasteiger partial charge in [-0.05, 0) is 13.0 Å². The van der Waals surface area contributed by atoms with Crippen molar-refractivity contribution in [1.29, 1.82) is 0 Å². The zero-order chi connectivity index (χ0) is 7.82. The Morgan fingerprint density at radius 1 is 1.20 bits per heavy atom. The number of aromatic nitrogens is 2. The van der Waals surface area contributed by atoms with Crippen LogP contribution in [0.5, 0.6) is 0 Å². The van der Waals surface area contributed by atoms with Gasteiger partial charge < -0.3 is 0 Å². The van der Waals surface area contributed by atoms with Crippen molar-refractivity contribution in [3.63, 3.8) is 0 Å². The topological polar surface area (TPSA) is 25.8 Å². The number of hydrogen-bond acceptors (Lipinski definition) is 2. The summed E-state index contributed by atoms with van der Waals surface area (Å²) in [5.74, 6) is 0.822. The molecule has 1 aromatic heterocycles. The molecule has 0 atom stereocenters. The van der Waals surface area contributed by atoms with Crippen LogP contribution < -0.4 is 0 Å². The summed E-state index contributed by atoms with van der Waals surface area (Å²) in [6.07, 6.45) is 4.70. The Bertz CT molecular complexity index is 149. The van der Waals surface area contributed by atoms with E-state index in [0.29, 0.717) is 0 Å². The van der Waals surface area contributed by atoms with Crippen LogP contribution in [-0.4, -0.2) is 9.97 Å². The van der Waals surface area contributed by atoms with Gasteiger partial charge in [0, 0.05) is 12.4 Å². The molecule has 0 amide bonds. The molecule has 56 valence electrons. The van der Waals surface area contributed by atoms with E-state index in [9.17, 15) is 0 Å². The van der Waals surface area contributed by atoms with Gasteiger partial charge in [-0.25, -0.2) is 9.97 Å². The monoisotopic (exact) mass is 138 g/mol. The fraction of sp³-hybridized carbons (Fsp3) is 0.500. The molecule has 1 rings (SSSR count). The lowest BCUT2D eigenvalue weighted by Crippen LogP contribution is -1.80. The van der Waals surface area contributed by atoms with Gasteiger partial charge in [0.25, 0.3) is 0 Å². The number of hydrogen-bond donors (Lipinski definition) is 0. The molecule has 2 nitrogen and oxygen atoms in total. The summed E-state index contributed by atoms with van der Waals surface area (Å²) in [6, 6.07) is 1.80. The number of aryl methyl sites for hydroxylation is 1. The maximum absolute atomic E-state index is 3.87. The lowest BCUT2D eigenvalue weighted by atomic mass is 10.6. The molecule has 0 spiro atoms. The van der Waals surface area contributed by atoms with Gasteiger partial charge in [0.05, 0.1) is 0 Å². The summed E-state index contributed by atoms with van der Waals surface area (Å²) < 4.78 is 0. The lowest BCUT2D eigenvalue weighted by molar-refractivity contribution is 1.05. The molecule has 1 aromatic rings. The average Bonchev–Trinajstić information content (AvgIpc) is 1.91. The van der Waals surface area contributed by atoms with Gasteiger partial charge >= 0.3 is 0 Å². The van der Waals surface area contributed by atoms with Crippen LogP contribution in [0.4, 0.5) is 0 Å². The fourth-order valence-electron chi connectivity index (χ4n) is 0.374. The maximum atomic E-state index is 3.87. The van der Waals surface area contributed by atoms with Crippen molar-refractivity contribution < 1.29 is 0 Å². The van der Waals surface area contributed by atoms with Crippen LogP contribution in [0.3, 0.4) is 0 Å². The molecule has 0 aromatic carbocycles. The van der Waals surface area contributed by atoms with E-state index in [2.05, 4.69) is 23.8 Å². The first-order valence-electron chi connectivity index (χ1n) is 3.54. The Morgan fingerprint density at radius 2 is 1.60 bits per heavy atom. The van der Waals surface area contributed by atoms with Crippen LogP contribution in [0.15, 0.2) is 18.5 Å². The molecule has 0 unspecified atom stereocenters. The van der Waals surface area contributed by atoms with Gasteiger partial charge in [0.15, 0.2) is 0 Å². The molecular weight excluding hydrogens is 124 g/mol. The second-order valence-electron chi connectivity index (χ2n) is 2.00. The minimum absolute atomic E-state index is 0.822. The summed E-state index contributed by atoms with van der Waals surface area (Å²) in [5, 5.41) is 0. The van der Waals surface area contributed by atoms with Crippen molar-refractivity contribution in [2.75, 3.05) is 0 Å². The Balaban J connectivity index is 0.000000236. The van der Waals surface area contributed by atoms with E-state index in [0.717, 1.165) is 5.82 Å². The van der Waals surface area contributed by atoms with Crippen molar-refractivity contribution in [3.05, 3.63) is 24.3 Å². The van der Waals surface area contributed by atoms with Crippen LogP contribution in [0, 0.1) is 6.92 Å². The summed E-state index contributed by atoms with van der Waals surface area (Å²) in [7, 11) is 0. The largest absolute Gasteiger partial charge is 0.242 e. The molecule has 1 heterocycles. The predicted molar refractivity (Wildman–Crippen MR) is 42.7 cm³/mol. The highest BCUT2D eigenvalue weighted by atomic mass is 14.8. The molecule has 0 fully saturated rings. The first-order chi connectivity index (χ1) is 4.81. The molecule has 10 heavy (non-hydrogen) atoms. The average molecular weight is 138 g/mol. The number of rotatable bonds is 0. The highest BCUT2D eigenvalue weighted by molar-refractivity contribution is 4.83. The molecule has 2 heteroatoms. The van der Waals surface area contributed by atoms with Crippen molar-refractivity contribution in [1.82, 2.24) is 9.97 Å². The lowest BCUT2D eigenvalue weighted by Gasteiger charge is -1.81. The molecule has 0 radical (unpaired) electrons. The van der Waals surface area contributed by atoms with E-state index in [1.807, 2.05) is 6.92 Å². The van der Waals surface area contributed by atoms with Crippen LogP contribution in [0.2, 0.25) is 0 Å². The smallest absolute Gasteiger partial charge is 0.125 e. The Labute approximate surface area is 62.3 Å². The minimum Gasteiger partial charge on any atom is -0.242 e. The van der Waals surface area contributed by atoms with Gasteiger partial charge in [-0.2, -0.15) is 0 Å². The third kappa shape index (κ3) is 5.22. The summed E-state index contributed by atoms with van der Waals surface area (Å²) in [6.45, 7) is 6.11. The maximum Gasteiger partial charge on any atom is 0.125 e. The quantitative estimate of drug-likeness (QED) is 0.549. The van der Waals surface area contributed by atoms with Crippen molar-refractivity contribution >= 4 is 0 Å². The first-order valence-corrected chi connectivity index (χ1v) is 3.54. The van der Waals surface area contributed by atoms with Gasteiger partial charge in [-0.1, -0.05) is 20.3 Å². The third-order valence-electron chi connectivity index (χ3n) is 0.695. The zero-order valence-corrected chi connectivity index (χ0v) is 6.83. The van der Waals surface area contributed by atoms with Gasteiger partial charge in [0.2, 0.25) is 0 Å². The molecule has 0 saturated heterocycles. The molecule has 0 N–H and O–H groups in total. The summed E-state index contributed by atoms with van der Waals surface area (Å²) in [4.78, 5) is 7.74. The van der Waals surface area contributed by atoms with Crippen molar-refractivity contribution in [3.8, 4) is 0 Å². The molecule has 0 saturated carbocycles. The highest BCUT2D eigenvalue weighted by Gasteiger charge is 1.74. The van der Waals surface area contributed by atoms with E-state index in [1.54, 1.807) is 18.5 Å². The van der Waals surface area contributed by atoms with E-state index < -0.39 is 0 Å². The van der Waals surface area contributed by atoms with Gasteiger partial charge in [-0.15, -0.1) is 0 Å². The normalized spacial score (nSPS) is 7.90. The second-order valence-corrected chi connectivity index (χ2v) is 2.00. The molecule has 0 aliphatic heterocycles. The second kappa shape index (κ2) is 6.20. The number of nitrogens with zero attached hydrogens (tertiary/aromatic N) is 2. The van der Waals surface area contributed by atoms with Crippen molar-refractivity contribution in [2.45, 2.75) is 27.2 Å². The molecular formula is C8H14N2. The van der Waals surface area contributed by atoms with Crippen LogP contribution >= 0.6 is 0 Å². The fourth-order valence-corrected chi connectivity index (χ4v) is 0.374. The van der Waals surface area contributed by atoms with E-state index in [-0.39, 0.29) is 0 Å². The van der Waals surface area contributed by atoms with Gasteiger partial charge in [0.1, 0.15) is 5.82 Å². The SMILES string of the molecule is CCC.Cc1ncccn1. The van der Waals surface area contributed by atoms with E-state index in [4.69, 9.17) is 0 Å². The minimum atomic E-state index is 0.822. The van der Waals surface area contributed by atoms with Crippen LogP contribution in [0.25, 0.3) is 0 Å². The highest BCUT2D eigenvalue weighted by Crippen LogP contribution is 1.78. The Morgan fingerprint density at radius 3 is 1.80 bits per heavy atom. The summed E-state index contributed by atoms with van der Waals surface area (Å²) >= 11 is 0. The first kappa shape index (κ1) is 9.08. The molecule has 0 aliphatic carbocycles. The Hall–Kier alpha value is -0.920. The third-order valence-corrected chi connectivity index (χ3v) is 0.695. The standard InChI is InChI=1S/C5H6N2.C3H8/c1-5-6-3-2-4-7-5;1-3-2/h2-4H,1H3;3H2,1-2H3. The van der Waals surface area contributed by atoms with E-state index >= 15 is 0 Å². The molecule has 0 bridgehead atoms. The van der Waals surface area contributed by atoms with Gasteiger partial charge in [-0.3, -0.25) is 0 Å². The predicted octanol–water partition coefficient (Wildman–Crippen LogP) is 2.20. The summed E-state index contributed by atoms with van der Waals surface area (Å²) in [5.41, 5.74) is 0. The molecule has 0 aliphatic rings. The van der Waals surface area contributed by atoms with Crippen LogP contribution in [-0.2, 0) is 0 Å². The Kier molecular flexibility index (Phi) is 5.63.